The van der Waals surface area contributed by atoms with Crippen molar-refractivity contribution in [2.45, 2.75) is 12.8 Å². The van der Waals surface area contributed by atoms with Gasteiger partial charge in [-0.2, -0.15) is 13.2 Å². The SMILES string of the molecule is COCc1ccc(C(F)(F)F)cc1F. The first-order chi connectivity index (χ1) is 6.45. The fraction of sp³-hybridized carbons (Fsp3) is 0.333. The summed E-state index contributed by atoms with van der Waals surface area (Å²) >= 11 is 0. The Labute approximate surface area is 78.3 Å². The third-order valence-electron chi connectivity index (χ3n) is 1.68. The van der Waals surface area contributed by atoms with Crippen LogP contribution in [0.15, 0.2) is 18.2 Å². The molecule has 1 aromatic rings. The molecule has 0 aliphatic rings. The molecule has 0 radical (unpaired) electrons. The lowest BCUT2D eigenvalue weighted by molar-refractivity contribution is -0.137. The number of ether oxygens (including phenoxy) is 1. The largest absolute Gasteiger partial charge is 0.416 e. The highest BCUT2D eigenvalue weighted by molar-refractivity contribution is 5.25. The second-order valence-corrected chi connectivity index (χ2v) is 2.74. The van der Waals surface area contributed by atoms with E-state index in [1.807, 2.05) is 0 Å². The standard InChI is InChI=1S/C9H8F4O/c1-14-5-6-2-3-7(4-8(6)10)9(11,12)13/h2-4H,5H2,1H3. The first-order valence-corrected chi connectivity index (χ1v) is 3.79. The van der Waals surface area contributed by atoms with Crippen LogP contribution in [-0.4, -0.2) is 7.11 Å². The number of benzene rings is 1. The van der Waals surface area contributed by atoms with Crippen LogP contribution in [0.1, 0.15) is 11.1 Å². The van der Waals surface area contributed by atoms with Gasteiger partial charge < -0.3 is 4.74 Å². The predicted octanol–water partition coefficient (Wildman–Crippen LogP) is 2.99. The van der Waals surface area contributed by atoms with E-state index in [1.165, 1.54) is 7.11 Å². The van der Waals surface area contributed by atoms with Gasteiger partial charge in [-0.1, -0.05) is 6.07 Å². The van der Waals surface area contributed by atoms with E-state index in [0.29, 0.717) is 6.07 Å². The van der Waals surface area contributed by atoms with Gasteiger partial charge in [0.1, 0.15) is 5.82 Å². The van der Waals surface area contributed by atoms with Gasteiger partial charge in [-0.3, -0.25) is 0 Å². The van der Waals surface area contributed by atoms with Gasteiger partial charge in [0.15, 0.2) is 0 Å². The van der Waals surface area contributed by atoms with Crippen molar-refractivity contribution < 1.29 is 22.3 Å². The smallest absolute Gasteiger partial charge is 0.380 e. The number of halogens is 4. The maximum atomic E-state index is 13.0. The molecule has 0 atom stereocenters. The Morgan fingerprint density at radius 3 is 2.36 bits per heavy atom. The topological polar surface area (TPSA) is 9.23 Å². The molecule has 0 aromatic heterocycles. The minimum atomic E-state index is -4.51. The van der Waals surface area contributed by atoms with Crippen LogP contribution in [0, 0.1) is 5.82 Å². The molecule has 0 aliphatic heterocycles. The van der Waals surface area contributed by atoms with Crippen LogP contribution in [0.5, 0.6) is 0 Å². The van der Waals surface area contributed by atoms with Crippen molar-refractivity contribution in [1.29, 1.82) is 0 Å². The molecule has 0 fully saturated rings. The molecule has 0 bridgehead atoms. The summed E-state index contributed by atoms with van der Waals surface area (Å²) in [5.41, 5.74) is -0.879. The Morgan fingerprint density at radius 2 is 1.93 bits per heavy atom. The molecule has 14 heavy (non-hydrogen) atoms. The van der Waals surface area contributed by atoms with E-state index in [9.17, 15) is 17.6 Å². The third-order valence-corrected chi connectivity index (χ3v) is 1.68. The van der Waals surface area contributed by atoms with Crippen LogP contribution in [0.3, 0.4) is 0 Å². The summed E-state index contributed by atoms with van der Waals surface area (Å²) in [5, 5.41) is 0. The Hall–Kier alpha value is -1.10. The van der Waals surface area contributed by atoms with Crippen LogP contribution in [-0.2, 0) is 17.5 Å². The second kappa shape index (κ2) is 3.96. The van der Waals surface area contributed by atoms with E-state index in [4.69, 9.17) is 0 Å². The summed E-state index contributed by atoms with van der Waals surface area (Å²) in [5.74, 6) is -0.901. The van der Waals surface area contributed by atoms with Crippen LogP contribution in [0.2, 0.25) is 0 Å². The molecule has 1 rings (SSSR count). The lowest BCUT2D eigenvalue weighted by atomic mass is 10.1. The zero-order chi connectivity index (χ0) is 10.8. The van der Waals surface area contributed by atoms with Crippen LogP contribution >= 0.6 is 0 Å². The lowest BCUT2D eigenvalue weighted by Crippen LogP contribution is -2.06. The molecule has 0 heterocycles. The molecule has 1 aromatic carbocycles. The molecule has 0 amide bonds. The van der Waals surface area contributed by atoms with Crippen molar-refractivity contribution >= 4 is 0 Å². The molecule has 1 nitrogen and oxygen atoms in total. The van der Waals surface area contributed by atoms with Gasteiger partial charge >= 0.3 is 6.18 Å². The number of methoxy groups -OCH3 is 1. The number of rotatable bonds is 2. The summed E-state index contributed by atoms with van der Waals surface area (Å²) in [7, 11) is 1.34. The zero-order valence-corrected chi connectivity index (χ0v) is 7.36. The van der Waals surface area contributed by atoms with Gasteiger partial charge in [-0.15, -0.1) is 0 Å². The van der Waals surface area contributed by atoms with Gasteiger partial charge in [0.25, 0.3) is 0 Å². The summed E-state index contributed by atoms with van der Waals surface area (Å²) in [6, 6.07) is 2.37. The summed E-state index contributed by atoms with van der Waals surface area (Å²) in [6.07, 6.45) is -4.51. The summed E-state index contributed by atoms with van der Waals surface area (Å²) in [6.45, 7) is -0.0377. The molecule has 0 unspecified atom stereocenters. The molecule has 0 spiro atoms. The highest BCUT2D eigenvalue weighted by atomic mass is 19.4. The fourth-order valence-corrected chi connectivity index (χ4v) is 0.996. The van der Waals surface area contributed by atoms with Crippen molar-refractivity contribution in [3.63, 3.8) is 0 Å². The molecule has 5 heteroatoms. The molecule has 0 saturated carbocycles. The van der Waals surface area contributed by atoms with Crippen molar-refractivity contribution in [2.75, 3.05) is 7.11 Å². The van der Waals surface area contributed by atoms with Crippen LogP contribution < -0.4 is 0 Å². The number of hydrogen-bond donors (Lipinski definition) is 0. The molecule has 0 aliphatic carbocycles. The first kappa shape index (κ1) is 11.0. The predicted molar refractivity (Wildman–Crippen MR) is 42.1 cm³/mol. The van der Waals surface area contributed by atoms with Crippen molar-refractivity contribution in [1.82, 2.24) is 0 Å². The summed E-state index contributed by atoms with van der Waals surface area (Å²) < 4.78 is 53.9. The van der Waals surface area contributed by atoms with Crippen molar-refractivity contribution in [3.05, 3.63) is 35.1 Å². The normalized spacial score (nSPS) is 11.8. The highest BCUT2D eigenvalue weighted by Gasteiger charge is 2.31. The Balaban J connectivity index is 3.01. The number of hydrogen-bond acceptors (Lipinski definition) is 1. The Bertz CT molecular complexity index is 319. The maximum absolute atomic E-state index is 13.0. The monoisotopic (exact) mass is 208 g/mol. The van der Waals surface area contributed by atoms with Gasteiger partial charge in [0.2, 0.25) is 0 Å². The van der Waals surface area contributed by atoms with Gasteiger partial charge in [0, 0.05) is 12.7 Å². The van der Waals surface area contributed by atoms with E-state index in [0.717, 1.165) is 12.1 Å². The maximum Gasteiger partial charge on any atom is 0.416 e. The minimum Gasteiger partial charge on any atom is -0.380 e. The molecule has 0 saturated heterocycles. The average molecular weight is 208 g/mol. The fourth-order valence-electron chi connectivity index (χ4n) is 0.996. The van der Waals surface area contributed by atoms with Gasteiger partial charge in [0.05, 0.1) is 12.2 Å². The average Bonchev–Trinajstić information content (AvgIpc) is 2.07. The lowest BCUT2D eigenvalue weighted by Gasteiger charge is -2.08. The van der Waals surface area contributed by atoms with Crippen LogP contribution in [0.4, 0.5) is 17.6 Å². The van der Waals surface area contributed by atoms with E-state index in [-0.39, 0.29) is 12.2 Å². The first-order valence-electron chi connectivity index (χ1n) is 3.79. The van der Waals surface area contributed by atoms with Crippen molar-refractivity contribution in [3.8, 4) is 0 Å². The van der Waals surface area contributed by atoms with E-state index in [2.05, 4.69) is 4.74 Å². The molecule has 78 valence electrons. The van der Waals surface area contributed by atoms with Crippen molar-refractivity contribution in [2.24, 2.45) is 0 Å². The van der Waals surface area contributed by atoms with Crippen LogP contribution in [0.25, 0.3) is 0 Å². The van der Waals surface area contributed by atoms with E-state index < -0.39 is 17.6 Å². The highest BCUT2D eigenvalue weighted by Crippen LogP contribution is 2.30. The Kier molecular flexibility index (Phi) is 3.10. The van der Waals surface area contributed by atoms with Gasteiger partial charge in [-0.25, -0.2) is 4.39 Å². The third kappa shape index (κ3) is 2.45. The van der Waals surface area contributed by atoms with E-state index >= 15 is 0 Å². The van der Waals surface area contributed by atoms with Gasteiger partial charge in [-0.05, 0) is 12.1 Å². The minimum absolute atomic E-state index is 0.0377. The molecular formula is C9H8F4O. The molecule has 0 N–H and O–H groups in total. The number of alkyl halides is 3. The zero-order valence-electron chi connectivity index (χ0n) is 7.36. The Morgan fingerprint density at radius 1 is 1.29 bits per heavy atom. The second-order valence-electron chi connectivity index (χ2n) is 2.74. The quantitative estimate of drug-likeness (QED) is 0.679. The summed E-state index contributed by atoms with van der Waals surface area (Å²) in [4.78, 5) is 0. The molecular weight excluding hydrogens is 200 g/mol. The van der Waals surface area contributed by atoms with E-state index in [1.54, 1.807) is 0 Å².